The Labute approximate surface area is 65.8 Å². The summed E-state index contributed by atoms with van der Waals surface area (Å²) < 4.78 is 26.6. The van der Waals surface area contributed by atoms with Gasteiger partial charge in [0.2, 0.25) is 6.41 Å². The van der Waals surface area contributed by atoms with Gasteiger partial charge in [0.05, 0.1) is 6.61 Å². The van der Waals surface area contributed by atoms with E-state index in [0.717, 1.165) is 0 Å². The molecular formula is C4H12N2O4S. The molecule has 0 heterocycles. The molecule has 0 spiro atoms. The van der Waals surface area contributed by atoms with Crippen molar-refractivity contribution in [3.63, 3.8) is 0 Å². The second kappa shape index (κ2) is 6.08. The molecule has 0 bridgehead atoms. The fraction of sp³-hybridized carbons (Fsp3) is 0.750. The van der Waals surface area contributed by atoms with Gasteiger partial charge in [0.25, 0.3) is 0 Å². The molecule has 0 aromatic heterocycles. The number of hydrogen-bond donors (Lipinski definition) is 2. The molecule has 0 aromatic carbocycles. The van der Waals surface area contributed by atoms with Crippen molar-refractivity contribution in [1.82, 2.24) is 10.9 Å². The standard InChI is InChI=1S/C4H9NO4S.H3N/c1-2-3-9-10(7,8)5-4-6;/h4H,2-3H2,1H3,(H,5,6);1H3. The molecule has 0 atom stereocenters. The lowest BCUT2D eigenvalue weighted by Gasteiger charge is -1.99. The highest BCUT2D eigenvalue weighted by Gasteiger charge is 2.05. The van der Waals surface area contributed by atoms with Crippen LogP contribution in [0.3, 0.4) is 0 Å². The second-order valence-corrected chi connectivity index (χ2v) is 2.89. The second-order valence-electron chi connectivity index (χ2n) is 1.51. The molecule has 68 valence electrons. The fourth-order valence-electron chi connectivity index (χ4n) is 0.286. The maximum absolute atomic E-state index is 10.4. The summed E-state index contributed by atoms with van der Waals surface area (Å²) in [5, 5.41) is 0. The van der Waals surface area contributed by atoms with Crippen LogP contribution in [0.2, 0.25) is 0 Å². The maximum atomic E-state index is 10.4. The van der Waals surface area contributed by atoms with Crippen LogP contribution < -0.4 is 10.9 Å². The number of carbonyl (C=O) groups excluding carboxylic acids is 1. The van der Waals surface area contributed by atoms with E-state index in [1.54, 1.807) is 6.92 Å². The van der Waals surface area contributed by atoms with Gasteiger partial charge in [0.1, 0.15) is 0 Å². The van der Waals surface area contributed by atoms with Gasteiger partial charge in [-0.05, 0) is 6.42 Å². The Bertz CT molecular complexity index is 188. The number of rotatable bonds is 5. The lowest BCUT2D eigenvalue weighted by atomic mass is 10.5. The van der Waals surface area contributed by atoms with Crippen molar-refractivity contribution in [1.29, 1.82) is 0 Å². The lowest BCUT2D eigenvalue weighted by Crippen LogP contribution is -2.24. The van der Waals surface area contributed by atoms with Gasteiger partial charge in [-0.15, -0.1) is 0 Å². The van der Waals surface area contributed by atoms with Crippen molar-refractivity contribution in [2.75, 3.05) is 6.61 Å². The highest BCUT2D eigenvalue weighted by atomic mass is 32.2. The van der Waals surface area contributed by atoms with Crippen LogP contribution >= 0.6 is 0 Å². The highest BCUT2D eigenvalue weighted by molar-refractivity contribution is 7.85. The first-order valence-electron chi connectivity index (χ1n) is 2.72. The van der Waals surface area contributed by atoms with Crippen LogP contribution in [-0.2, 0) is 19.3 Å². The Balaban J connectivity index is 0. The van der Waals surface area contributed by atoms with Crippen LogP contribution in [0.15, 0.2) is 0 Å². The minimum absolute atomic E-state index is 0. The highest BCUT2D eigenvalue weighted by Crippen LogP contribution is 1.87. The quantitative estimate of drug-likeness (QED) is 0.563. The van der Waals surface area contributed by atoms with Crippen molar-refractivity contribution in [2.45, 2.75) is 13.3 Å². The largest absolute Gasteiger partial charge is 0.361 e. The molecule has 4 N–H and O–H groups in total. The Hall–Kier alpha value is -0.660. The van der Waals surface area contributed by atoms with Crippen molar-refractivity contribution < 1.29 is 17.4 Å². The van der Waals surface area contributed by atoms with E-state index in [9.17, 15) is 13.2 Å². The Morgan fingerprint density at radius 2 is 2.09 bits per heavy atom. The first kappa shape index (κ1) is 13.0. The van der Waals surface area contributed by atoms with Gasteiger partial charge >= 0.3 is 10.3 Å². The average molecular weight is 184 g/mol. The maximum Gasteiger partial charge on any atom is 0.361 e. The average Bonchev–Trinajstić information content (AvgIpc) is 1.84. The SMILES string of the molecule is CCCOS(=O)(=O)NC=O.N. The smallest absolute Gasteiger partial charge is 0.344 e. The van der Waals surface area contributed by atoms with Crippen LogP contribution in [0.5, 0.6) is 0 Å². The molecule has 0 saturated carbocycles. The van der Waals surface area contributed by atoms with E-state index in [2.05, 4.69) is 4.18 Å². The summed E-state index contributed by atoms with van der Waals surface area (Å²) in [6, 6.07) is 0. The molecule has 0 rings (SSSR count). The van der Waals surface area contributed by atoms with Crippen molar-refractivity contribution in [2.24, 2.45) is 0 Å². The minimum atomic E-state index is -3.81. The fourth-order valence-corrected chi connectivity index (χ4v) is 0.858. The van der Waals surface area contributed by atoms with Gasteiger partial charge in [0.15, 0.2) is 0 Å². The molecule has 11 heavy (non-hydrogen) atoms. The molecule has 0 aliphatic heterocycles. The predicted molar refractivity (Wildman–Crippen MR) is 39.4 cm³/mol. The zero-order chi connectivity index (χ0) is 8.04. The van der Waals surface area contributed by atoms with Crippen LogP contribution in [-0.4, -0.2) is 21.4 Å². The Morgan fingerprint density at radius 3 is 2.45 bits per heavy atom. The van der Waals surface area contributed by atoms with Crippen molar-refractivity contribution >= 4 is 16.7 Å². The first-order valence-corrected chi connectivity index (χ1v) is 4.13. The van der Waals surface area contributed by atoms with Gasteiger partial charge in [0, 0.05) is 0 Å². The van der Waals surface area contributed by atoms with Gasteiger partial charge in [-0.25, -0.2) is 4.72 Å². The number of carbonyl (C=O) groups is 1. The summed E-state index contributed by atoms with van der Waals surface area (Å²) in [5.74, 6) is 0. The normalized spacial score (nSPS) is 9.91. The summed E-state index contributed by atoms with van der Waals surface area (Å²) in [4.78, 5) is 9.61. The van der Waals surface area contributed by atoms with E-state index in [-0.39, 0.29) is 19.2 Å². The van der Waals surface area contributed by atoms with Crippen LogP contribution in [0.4, 0.5) is 0 Å². The third-order valence-electron chi connectivity index (χ3n) is 0.635. The van der Waals surface area contributed by atoms with E-state index >= 15 is 0 Å². The molecule has 1 amide bonds. The van der Waals surface area contributed by atoms with E-state index in [0.29, 0.717) is 6.42 Å². The van der Waals surface area contributed by atoms with Gasteiger partial charge in [-0.1, -0.05) is 6.92 Å². The molecule has 0 unspecified atom stereocenters. The number of hydrogen-bond acceptors (Lipinski definition) is 5. The molecule has 0 saturated heterocycles. The van der Waals surface area contributed by atoms with Crippen LogP contribution in [0.1, 0.15) is 13.3 Å². The Morgan fingerprint density at radius 1 is 1.55 bits per heavy atom. The number of nitrogens with one attached hydrogen (secondary N) is 1. The van der Waals surface area contributed by atoms with E-state index < -0.39 is 10.3 Å². The van der Waals surface area contributed by atoms with Crippen molar-refractivity contribution in [3.8, 4) is 0 Å². The van der Waals surface area contributed by atoms with Crippen molar-refractivity contribution in [3.05, 3.63) is 0 Å². The molecule has 0 aromatic rings. The first-order chi connectivity index (χ1) is 4.62. The third-order valence-corrected chi connectivity index (χ3v) is 1.50. The monoisotopic (exact) mass is 184 g/mol. The lowest BCUT2D eigenvalue weighted by molar-refractivity contribution is -0.108. The number of amides is 1. The zero-order valence-corrected chi connectivity index (χ0v) is 7.06. The molecular weight excluding hydrogens is 172 g/mol. The molecule has 0 fully saturated rings. The van der Waals surface area contributed by atoms with Crippen LogP contribution in [0, 0.1) is 0 Å². The third kappa shape index (κ3) is 7.23. The minimum Gasteiger partial charge on any atom is -0.344 e. The summed E-state index contributed by atoms with van der Waals surface area (Å²) in [6.07, 6.45) is 0.644. The van der Waals surface area contributed by atoms with E-state index in [1.807, 2.05) is 0 Å². The van der Waals surface area contributed by atoms with Gasteiger partial charge in [-0.2, -0.15) is 8.42 Å². The molecule has 7 heteroatoms. The molecule has 0 aliphatic rings. The molecule has 0 aliphatic carbocycles. The van der Waals surface area contributed by atoms with Gasteiger partial charge < -0.3 is 6.15 Å². The summed E-state index contributed by atoms with van der Waals surface area (Å²) in [6.45, 7) is 1.85. The molecule has 6 nitrogen and oxygen atoms in total. The van der Waals surface area contributed by atoms with Gasteiger partial charge in [-0.3, -0.25) is 8.98 Å². The molecule has 0 radical (unpaired) electrons. The van der Waals surface area contributed by atoms with E-state index in [4.69, 9.17) is 0 Å². The zero-order valence-electron chi connectivity index (χ0n) is 6.24. The summed E-state index contributed by atoms with van der Waals surface area (Å²) in [5.41, 5.74) is 0. The van der Waals surface area contributed by atoms with E-state index in [1.165, 1.54) is 4.72 Å². The Kier molecular flexibility index (Phi) is 7.16. The van der Waals surface area contributed by atoms with Crippen LogP contribution in [0.25, 0.3) is 0 Å². The summed E-state index contributed by atoms with van der Waals surface area (Å²) >= 11 is 0. The topological polar surface area (TPSA) is 107 Å². The predicted octanol–water partition coefficient (Wildman–Crippen LogP) is -0.434. The summed E-state index contributed by atoms with van der Waals surface area (Å²) in [7, 11) is -3.81.